The van der Waals surface area contributed by atoms with Gasteiger partial charge in [-0.1, -0.05) is 66.7 Å². The van der Waals surface area contributed by atoms with Crippen molar-refractivity contribution in [3.63, 3.8) is 0 Å². The number of rotatable bonds is 2. The van der Waals surface area contributed by atoms with E-state index in [0.717, 1.165) is 21.6 Å². The van der Waals surface area contributed by atoms with Gasteiger partial charge in [0.25, 0.3) is 0 Å². The Morgan fingerprint density at radius 1 is 0.739 bits per heavy atom. The third-order valence-electron chi connectivity index (χ3n) is 4.27. The van der Waals surface area contributed by atoms with Crippen molar-refractivity contribution in [2.45, 2.75) is 4.90 Å². The third kappa shape index (κ3) is 2.27. The monoisotopic (exact) mass is 316 g/mol. The maximum absolute atomic E-state index is 5.55. The predicted octanol–water partition coefficient (Wildman–Crippen LogP) is 5.96. The summed E-state index contributed by atoms with van der Waals surface area (Å²) in [6, 6.07) is 25.2. The molecular formula is C21H16OS. The molecule has 0 heterocycles. The molecule has 0 saturated carbocycles. The first-order valence-electron chi connectivity index (χ1n) is 7.56. The smallest absolute Gasteiger partial charge is 0.133 e. The summed E-state index contributed by atoms with van der Waals surface area (Å²) in [7, 11) is 1.69. The van der Waals surface area contributed by atoms with Gasteiger partial charge in [-0.3, -0.25) is 0 Å². The van der Waals surface area contributed by atoms with E-state index in [9.17, 15) is 0 Å². The van der Waals surface area contributed by atoms with E-state index >= 15 is 0 Å². The van der Waals surface area contributed by atoms with Crippen LogP contribution in [-0.4, -0.2) is 7.11 Å². The van der Waals surface area contributed by atoms with Crippen LogP contribution in [-0.2, 0) is 0 Å². The van der Waals surface area contributed by atoms with E-state index in [2.05, 4.69) is 60.7 Å². The number of thiol groups is 1. The molecule has 4 aromatic carbocycles. The fourth-order valence-electron chi connectivity index (χ4n) is 3.18. The molecule has 0 aliphatic carbocycles. The number of methoxy groups -OCH3 is 1. The van der Waals surface area contributed by atoms with Crippen molar-refractivity contribution in [3.05, 3.63) is 72.8 Å². The summed E-state index contributed by atoms with van der Waals surface area (Å²) >= 11 is 4.78. The van der Waals surface area contributed by atoms with Gasteiger partial charge >= 0.3 is 0 Å². The van der Waals surface area contributed by atoms with Gasteiger partial charge in [0.1, 0.15) is 5.75 Å². The average molecular weight is 316 g/mol. The molecule has 112 valence electrons. The number of ether oxygens (including phenoxy) is 1. The minimum atomic E-state index is 0.801. The van der Waals surface area contributed by atoms with Gasteiger partial charge < -0.3 is 4.74 Å². The van der Waals surface area contributed by atoms with Crippen molar-refractivity contribution in [1.82, 2.24) is 0 Å². The highest BCUT2D eigenvalue weighted by Crippen LogP contribution is 2.42. The van der Waals surface area contributed by atoms with Crippen LogP contribution in [0.25, 0.3) is 32.7 Å². The van der Waals surface area contributed by atoms with Gasteiger partial charge in [0.2, 0.25) is 0 Å². The summed E-state index contributed by atoms with van der Waals surface area (Å²) in [5.41, 5.74) is 2.31. The molecule has 0 aromatic heterocycles. The molecule has 0 fully saturated rings. The molecule has 0 N–H and O–H groups in total. The lowest BCUT2D eigenvalue weighted by Gasteiger charge is -2.16. The Kier molecular flexibility index (Phi) is 3.47. The molecule has 0 bridgehead atoms. The van der Waals surface area contributed by atoms with Crippen LogP contribution in [0.2, 0.25) is 0 Å². The van der Waals surface area contributed by atoms with Crippen molar-refractivity contribution >= 4 is 34.2 Å². The van der Waals surface area contributed by atoms with E-state index in [1.54, 1.807) is 7.11 Å². The number of hydrogen-bond donors (Lipinski definition) is 1. The second kappa shape index (κ2) is 5.64. The zero-order valence-electron chi connectivity index (χ0n) is 12.8. The van der Waals surface area contributed by atoms with Gasteiger partial charge in [-0.2, -0.15) is 0 Å². The molecule has 0 atom stereocenters. The molecule has 4 rings (SSSR count). The molecule has 2 heteroatoms. The largest absolute Gasteiger partial charge is 0.496 e. The summed E-state index contributed by atoms with van der Waals surface area (Å²) in [5.74, 6) is 0.801. The first-order valence-corrected chi connectivity index (χ1v) is 8.01. The topological polar surface area (TPSA) is 9.23 Å². The summed E-state index contributed by atoms with van der Waals surface area (Å²) in [4.78, 5) is 0.877. The van der Waals surface area contributed by atoms with E-state index < -0.39 is 0 Å². The third-order valence-corrected chi connectivity index (χ3v) is 4.71. The number of hydrogen-bond acceptors (Lipinski definition) is 2. The minimum Gasteiger partial charge on any atom is -0.496 e. The molecule has 0 radical (unpaired) electrons. The van der Waals surface area contributed by atoms with Crippen LogP contribution in [0.3, 0.4) is 0 Å². The summed E-state index contributed by atoms with van der Waals surface area (Å²) < 4.78 is 5.55. The second-order valence-corrected chi connectivity index (χ2v) is 6.00. The maximum atomic E-state index is 5.55. The second-order valence-electron chi connectivity index (χ2n) is 5.55. The van der Waals surface area contributed by atoms with Crippen molar-refractivity contribution in [2.24, 2.45) is 0 Å². The van der Waals surface area contributed by atoms with Crippen LogP contribution in [0.5, 0.6) is 5.75 Å². The summed E-state index contributed by atoms with van der Waals surface area (Å²) in [6.07, 6.45) is 0. The maximum Gasteiger partial charge on any atom is 0.133 e. The minimum absolute atomic E-state index is 0.801. The van der Waals surface area contributed by atoms with Crippen molar-refractivity contribution < 1.29 is 4.74 Å². The highest BCUT2D eigenvalue weighted by Gasteiger charge is 2.15. The van der Waals surface area contributed by atoms with E-state index in [1.165, 1.54) is 21.7 Å². The van der Waals surface area contributed by atoms with E-state index in [4.69, 9.17) is 17.4 Å². The van der Waals surface area contributed by atoms with Crippen molar-refractivity contribution in [2.75, 3.05) is 7.11 Å². The first-order chi connectivity index (χ1) is 11.3. The van der Waals surface area contributed by atoms with Crippen molar-refractivity contribution in [1.29, 1.82) is 0 Å². The van der Waals surface area contributed by atoms with Gasteiger partial charge in [-0.15, -0.1) is 12.6 Å². The van der Waals surface area contributed by atoms with Gasteiger partial charge in [-0.25, -0.2) is 0 Å². The molecule has 0 aliphatic heterocycles. The number of benzene rings is 4. The Bertz CT molecular complexity index is 1020. The zero-order chi connectivity index (χ0) is 15.8. The molecule has 23 heavy (non-hydrogen) atoms. The fraction of sp³-hybridized carbons (Fsp3) is 0.0476. The van der Waals surface area contributed by atoms with Gasteiger partial charge in [0.15, 0.2) is 0 Å². The lowest BCUT2D eigenvalue weighted by molar-refractivity contribution is 0.406. The van der Waals surface area contributed by atoms with E-state index in [0.29, 0.717) is 0 Å². The highest BCUT2D eigenvalue weighted by atomic mass is 32.1. The lowest BCUT2D eigenvalue weighted by atomic mass is 9.93. The van der Waals surface area contributed by atoms with Gasteiger partial charge in [0.05, 0.1) is 12.0 Å². The highest BCUT2D eigenvalue weighted by molar-refractivity contribution is 7.80. The van der Waals surface area contributed by atoms with Crippen molar-refractivity contribution in [3.8, 4) is 16.9 Å². The Morgan fingerprint density at radius 3 is 2.17 bits per heavy atom. The Hall–Kier alpha value is -2.45. The molecule has 1 nitrogen and oxygen atoms in total. The van der Waals surface area contributed by atoms with Crippen LogP contribution in [0.4, 0.5) is 0 Å². The quantitative estimate of drug-likeness (QED) is 0.449. The molecule has 4 aromatic rings. The van der Waals surface area contributed by atoms with Crippen LogP contribution in [0.15, 0.2) is 77.7 Å². The molecular weight excluding hydrogens is 300 g/mol. The molecule has 0 aliphatic rings. The van der Waals surface area contributed by atoms with Crippen LogP contribution in [0, 0.1) is 0 Å². The van der Waals surface area contributed by atoms with Crippen LogP contribution >= 0.6 is 12.6 Å². The Labute approximate surface area is 140 Å². The molecule has 0 unspecified atom stereocenters. The fourth-order valence-corrected chi connectivity index (χ4v) is 3.58. The average Bonchev–Trinajstić information content (AvgIpc) is 2.61. The van der Waals surface area contributed by atoms with Crippen LogP contribution in [0.1, 0.15) is 0 Å². The first kappa shape index (κ1) is 14.2. The summed E-state index contributed by atoms with van der Waals surface area (Å²) in [6.45, 7) is 0. The molecule has 0 amide bonds. The van der Waals surface area contributed by atoms with Gasteiger partial charge in [0, 0.05) is 5.56 Å². The predicted molar refractivity (Wildman–Crippen MR) is 101 cm³/mol. The SMILES string of the molecule is COc1cc2ccccc2c(-c2cccc3ccccc23)c1S. The van der Waals surface area contributed by atoms with E-state index in [1.807, 2.05) is 12.1 Å². The molecule has 0 saturated heterocycles. The Balaban J connectivity index is 2.18. The lowest BCUT2D eigenvalue weighted by Crippen LogP contribution is -1.91. The van der Waals surface area contributed by atoms with Crippen LogP contribution < -0.4 is 4.74 Å². The van der Waals surface area contributed by atoms with Gasteiger partial charge in [-0.05, 0) is 33.2 Å². The standard InChI is InChI=1S/C21H16OS/c1-22-19-13-15-8-3-5-11-17(15)20(21(19)23)18-12-6-9-14-7-2-4-10-16(14)18/h2-13,23H,1H3. The zero-order valence-corrected chi connectivity index (χ0v) is 13.7. The molecule has 0 spiro atoms. The Morgan fingerprint density at radius 2 is 1.39 bits per heavy atom. The normalized spacial score (nSPS) is 11.0. The summed E-state index contributed by atoms with van der Waals surface area (Å²) in [5, 5.41) is 4.80. The number of fused-ring (bicyclic) bond motifs is 2. The van der Waals surface area contributed by atoms with E-state index in [-0.39, 0.29) is 0 Å².